The number of carbonyl (C=O) groups excluding carboxylic acids is 2. The van der Waals surface area contributed by atoms with Crippen LogP contribution in [0.25, 0.3) is 0 Å². The van der Waals surface area contributed by atoms with E-state index in [1.54, 1.807) is 59.4 Å². The Morgan fingerprint density at radius 2 is 1.97 bits per heavy atom. The van der Waals surface area contributed by atoms with Crippen LogP contribution in [0.3, 0.4) is 0 Å². The van der Waals surface area contributed by atoms with Gasteiger partial charge < -0.3 is 20.5 Å². The summed E-state index contributed by atoms with van der Waals surface area (Å²) in [6.07, 6.45) is 2.47. The summed E-state index contributed by atoms with van der Waals surface area (Å²) in [5.74, 6) is -0.0576. The van der Waals surface area contributed by atoms with Gasteiger partial charge in [-0.15, -0.1) is 5.10 Å². The number of para-hydroxylation sites is 1. The van der Waals surface area contributed by atoms with E-state index in [0.29, 0.717) is 36.0 Å². The van der Waals surface area contributed by atoms with E-state index in [1.807, 2.05) is 0 Å². The first kappa shape index (κ1) is 18.6. The molecule has 2 aromatic carbocycles. The number of nitrogens with zero attached hydrogens (tertiary/aromatic N) is 3. The van der Waals surface area contributed by atoms with Gasteiger partial charge in [-0.3, -0.25) is 9.59 Å². The first-order valence-corrected chi connectivity index (χ1v) is 9.08. The molecule has 1 saturated heterocycles. The number of anilines is 1. The van der Waals surface area contributed by atoms with E-state index in [-0.39, 0.29) is 17.6 Å². The summed E-state index contributed by atoms with van der Waals surface area (Å²) in [5, 5.41) is 10.7. The van der Waals surface area contributed by atoms with Crippen LogP contribution in [-0.2, 0) is 4.74 Å². The zero-order valence-corrected chi connectivity index (χ0v) is 15.4. The lowest BCUT2D eigenvalue weighted by Gasteiger charge is -2.10. The Morgan fingerprint density at radius 1 is 1.17 bits per heavy atom. The minimum Gasteiger partial charge on any atom is -0.457 e. The van der Waals surface area contributed by atoms with Crippen molar-refractivity contribution in [3.63, 3.8) is 0 Å². The number of primary amides is 1. The molecule has 3 aromatic rings. The molecule has 3 N–H and O–H groups in total. The Morgan fingerprint density at radius 3 is 2.69 bits per heavy atom. The maximum atomic E-state index is 12.4. The van der Waals surface area contributed by atoms with Gasteiger partial charge in [0.05, 0.1) is 24.4 Å². The lowest BCUT2D eigenvalue weighted by atomic mass is 10.2. The summed E-state index contributed by atoms with van der Waals surface area (Å²) in [5.41, 5.74) is 6.45. The second kappa shape index (κ2) is 8.11. The van der Waals surface area contributed by atoms with Crippen molar-refractivity contribution in [3.8, 4) is 11.5 Å². The highest BCUT2D eigenvalue weighted by atomic mass is 16.5. The molecule has 2 amide bonds. The third-order valence-electron chi connectivity index (χ3n) is 4.52. The molecular formula is C20H19N5O4. The van der Waals surface area contributed by atoms with Crippen molar-refractivity contribution in [3.05, 3.63) is 66.0 Å². The molecular weight excluding hydrogens is 374 g/mol. The van der Waals surface area contributed by atoms with Crippen LogP contribution in [0.5, 0.6) is 11.5 Å². The molecule has 1 fully saturated rings. The molecule has 1 atom stereocenters. The highest BCUT2D eigenvalue weighted by Gasteiger charge is 2.20. The fraction of sp³-hybridized carbons (Fsp3) is 0.200. The molecule has 9 heteroatoms. The zero-order valence-electron chi connectivity index (χ0n) is 15.4. The number of rotatable bonds is 6. The number of aromatic nitrogens is 3. The van der Waals surface area contributed by atoms with Crippen molar-refractivity contribution in [1.29, 1.82) is 0 Å². The predicted octanol–water partition coefficient (Wildman–Crippen LogP) is 2.38. The van der Waals surface area contributed by atoms with Crippen molar-refractivity contribution >= 4 is 17.5 Å². The van der Waals surface area contributed by atoms with Crippen molar-refractivity contribution in [2.24, 2.45) is 5.73 Å². The molecule has 0 aliphatic carbocycles. The number of benzene rings is 2. The van der Waals surface area contributed by atoms with Gasteiger partial charge in [-0.1, -0.05) is 17.3 Å². The van der Waals surface area contributed by atoms with Gasteiger partial charge in [-0.25, -0.2) is 4.68 Å². The van der Waals surface area contributed by atoms with Crippen molar-refractivity contribution in [2.75, 3.05) is 18.5 Å². The predicted molar refractivity (Wildman–Crippen MR) is 104 cm³/mol. The number of hydrogen-bond acceptors (Lipinski definition) is 6. The molecule has 2 heterocycles. The Bertz CT molecular complexity index is 1030. The van der Waals surface area contributed by atoms with Crippen LogP contribution < -0.4 is 15.8 Å². The fourth-order valence-corrected chi connectivity index (χ4v) is 2.98. The van der Waals surface area contributed by atoms with Crippen LogP contribution in [0, 0.1) is 0 Å². The minimum atomic E-state index is -0.568. The molecule has 148 valence electrons. The normalized spacial score (nSPS) is 15.8. The summed E-state index contributed by atoms with van der Waals surface area (Å²) in [6.45, 7) is 1.26. The lowest BCUT2D eigenvalue weighted by Crippen LogP contribution is -2.13. The summed E-state index contributed by atoms with van der Waals surface area (Å²) in [6, 6.07) is 13.6. The molecule has 1 aromatic heterocycles. The number of amides is 2. The van der Waals surface area contributed by atoms with E-state index in [4.69, 9.17) is 15.2 Å². The highest BCUT2D eigenvalue weighted by molar-refractivity contribution is 6.02. The molecule has 4 rings (SSSR count). The highest BCUT2D eigenvalue weighted by Crippen LogP contribution is 2.26. The van der Waals surface area contributed by atoms with Crippen LogP contribution >= 0.6 is 0 Å². The maximum absolute atomic E-state index is 12.4. The van der Waals surface area contributed by atoms with Crippen LogP contribution in [0.1, 0.15) is 33.3 Å². The number of ether oxygens (including phenoxy) is 2. The van der Waals surface area contributed by atoms with E-state index in [9.17, 15) is 9.59 Å². The van der Waals surface area contributed by atoms with Crippen LogP contribution in [0.2, 0.25) is 0 Å². The molecule has 29 heavy (non-hydrogen) atoms. The van der Waals surface area contributed by atoms with E-state index < -0.39 is 5.91 Å². The van der Waals surface area contributed by atoms with Gasteiger partial charge in [-0.2, -0.15) is 0 Å². The van der Waals surface area contributed by atoms with E-state index in [2.05, 4.69) is 15.6 Å². The van der Waals surface area contributed by atoms with Gasteiger partial charge in [0.1, 0.15) is 11.5 Å². The fourth-order valence-electron chi connectivity index (χ4n) is 2.98. The topological polar surface area (TPSA) is 121 Å². The van der Waals surface area contributed by atoms with Gasteiger partial charge in [-0.05, 0) is 42.8 Å². The lowest BCUT2D eigenvalue weighted by molar-refractivity contribution is 0.0995. The second-order valence-corrected chi connectivity index (χ2v) is 6.54. The molecule has 0 bridgehead atoms. The monoisotopic (exact) mass is 393 g/mol. The van der Waals surface area contributed by atoms with E-state index in [0.717, 1.165) is 6.42 Å². The molecule has 1 unspecified atom stereocenters. The largest absolute Gasteiger partial charge is 0.457 e. The quantitative estimate of drug-likeness (QED) is 0.663. The Labute approximate surface area is 166 Å². The summed E-state index contributed by atoms with van der Waals surface area (Å²) >= 11 is 0. The minimum absolute atomic E-state index is 0.115. The maximum Gasteiger partial charge on any atom is 0.277 e. The van der Waals surface area contributed by atoms with E-state index >= 15 is 0 Å². The van der Waals surface area contributed by atoms with Crippen molar-refractivity contribution in [2.45, 2.75) is 12.5 Å². The molecule has 9 nitrogen and oxygen atoms in total. The molecule has 1 aliphatic rings. The third-order valence-corrected chi connectivity index (χ3v) is 4.52. The van der Waals surface area contributed by atoms with Gasteiger partial charge in [0.15, 0.2) is 5.69 Å². The van der Waals surface area contributed by atoms with E-state index in [1.165, 1.54) is 0 Å². The second-order valence-electron chi connectivity index (χ2n) is 6.54. The number of hydrogen-bond donors (Lipinski definition) is 2. The number of nitrogens with one attached hydrogen (secondary N) is 1. The average Bonchev–Trinajstić information content (AvgIpc) is 3.41. The van der Waals surface area contributed by atoms with Crippen LogP contribution in [0.4, 0.5) is 5.69 Å². The SMILES string of the molecule is NC(=O)c1ccccc1Oc1ccc(NC(=O)c2cn(C3CCOC3)nn2)cc1. The molecule has 0 spiro atoms. The van der Waals surface area contributed by atoms with Gasteiger partial charge >= 0.3 is 0 Å². The van der Waals surface area contributed by atoms with Gasteiger partial charge in [0, 0.05) is 12.3 Å². The molecule has 0 radical (unpaired) electrons. The molecule has 1 aliphatic heterocycles. The molecule has 0 saturated carbocycles. The van der Waals surface area contributed by atoms with Gasteiger partial charge in [0.2, 0.25) is 0 Å². The standard InChI is InChI=1S/C20H19N5O4/c21-19(26)16-3-1-2-4-18(16)29-15-7-5-13(6-8-15)22-20(27)17-11-25(24-23-17)14-9-10-28-12-14/h1-8,11,14H,9-10,12H2,(H2,21,26)(H,22,27). The average molecular weight is 393 g/mol. The van der Waals surface area contributed by atoms with Crippen LogP contribution in [-0.4, -0.2) is 40.0 Å². The van der Waals surface area contributed by atoms with Crippen LogP contribution in [0.15, 0.2) is 54.7 Å². The number of nitrogens with two attached hydrogens (primary N) is 1. The Hall–Kier alpha value is -3.72. The third kappa shape index (κ3) is 4.25. The van der Waals surface area contributed by atoms with Crippen molar-refractivity contribution in [1.82, 2.24) is 15.0 Å². The zero-order chi connectivity index (χ0) is 20.2. The summed E-state index contributed by atoms with van der Waals surface area (Å²) in [7, 11) is 0. The Kier molecular flexibility index (Phi) is 5.21. The summed E-state index contributed by atoms with van der Waals surface area (Å²) in [4.78, 5) is 23.9. The summed E-state index contributed by atoms with van der Waals surface area (Å²) < 4.78 is 12.7. The van der Waals surface area contributed by atoms with Crippen molar-refractivity contribution < 1.29 is 19.1 Å². The Balaban J connectivity index is 1.41. The first-order chi connectivity index (χ1) is 14.1. The number of carbonyl (C=O) groups is 2. The smallest absolute Gasteiger partial charge is 0.277 e. The first-order valence-electron chi connectivity index (χ1n) is 9.08. The van der Waals surface area contributed by atoms with Gasteiger partial charge in [0.25, 0.3) is 11.8 Å².